The van der Waals surface area contributed by atoms with Gasteiger partial charge < -0.3 is 29.1 Å². The van der Waals surface area contributed by atoms with Crippen LogP contribution in [-0.2, 0) is 11.8 Å². The van der Waals surface area contributed by atoms with Crippen molar-refractivity contribution >= 4 is 68.3 Å². The number of hydrogen-bond donors (Lipinski definition) is 0. The number of carbonyl (C=O) groups excluding carboxylic acids is 2. The Morgan fingerprint density at radius 3 is 2.39 bits per heavy atom. The van der Waals surface area contributed by atoms with Crippen LogP contribution in [0.4, 0.5) is 32.5 Å². The van der Waals surface area contributed by atoms with Gasteiger partial charge in [-0.15, -0.1) is 16.3 Å². The highest BCUT2D eigenvalue weighted by Gasteiger charge is 2.39. The summed E-state index contributed by atoms with van der Waals surface area (Å²) in [6, 6.07) is 12.0. The molecule has 0 saturated carbocycles. The van der Waals surface area contributed by atoms with Gasteiger partial charge in [-0.05, 0) is 34.1 Å². The molecule has 15 heteroatoms. The van der Waals surface area contributed by atoms with E-state index in [0.29, 0.717) is 39.2 Å². The van der Waals surface area contributed by atoms with E-state index in [4.69, 9.17) is 30.5 Å². The van der Waals surface area contributed by atoms with Crippen LogP contribution in [0.15, 0.2) is 54.9 Å². The monoisotopic (exact) mass is 648 g/mol. The second-order valence-corrected chi connectivity index (χ2v) is 10.7. The molecule has 2 amide bonds. The van der Waals surface area contributed by atoms with Crippen molar-refractivity contribution in [1.82, 2.24) is 14.3 Å². The fraction of sp³-hybridized carbons (Fsp3) is 0.258. The van der Waals surface area contributed by atoms with Crippen LogP contribution in [0, 0.1) is 10.1 Å². The van der Waals surface area contributed by atoms with E-state index in [1.807, 2.05) is 12.1 Å². The molecule has 0 radical (unpaired) electrons. The molecule has 0 bridgehead atoms. The maximum Gasteiger partial charge on any atom is 0.419 e. The van der Waals surface area contributed by atoms with Crippen LogP contribution >= 0.6 is 11.6 Å². The highest BCUT2D eigenvalue weighted by molar-refractivity contribution is 6.19. The van der Waals surface area contributed by atoms with E-state index in [9.17, 15) is 19.7 Å². The molecule has 0 N–H and O–H groups in total. The normalized spacial score (nSPS) is 14.0. The molecule has 0 aliphatic carbocycles. The van der Waals surface area contributed by atoms with Crippen molar-refractivity contribution in [3.05, 3.63) is 70.5 Å². The minimum Gasteiger partial charge on any atom is -0.493 e. The molecule has 1 atom stereocenters. The molecule has 5 aromatic rings. The highest BCUT2D eigenvalue weighted by Crippen LogP contribution is 2.49. The molecule has 6 rings (SSSR count). The molecule has 0 spiro atoms. The molecule has 2 aromatic heterocycles. The number of aryl methyl sites for hydroxylation is 1. The first-order chi connectivity index (χ1) is 22.2. The van der Waals surface area contributed by atoms with Crippen LogP contribution < -0.4 is 24.0 Å². The van der Waals surface area contributed by atoms with E-state index in [1.54, 1.807) is 41.4 Å². The quantitative estimate of drug-likeness (QED) is 0.115. The molecule has 3 aromatic carbocycles. The zero-order chi connectivity index (χ0) is 32.9. The van der Waals surface area contributed by atoms with E-state index in [-0.39, 0.29) is 29.7 Å². The van der Waals surface area contributed by atoms with Gasteiger partial charge in [-0.25, -0.2) is 14.5 Å². The number of aromatic nitrogens is 3. The molecule has 14 nitrogen and oxygen atoms in total. The zero-order valence-corrected chi connectivity index (χ0v) is 26.3. The van der Waals surface area contributed by atoms with E-state index in [0.717, 1.165) is 20.5 Å². The van der Waals surface area contributed by atoms with Crippen LogP contribution in [0.25, 0.3) is 21.7 Å². The average molecular weight is 649 g/mol. The number of halogens is 1. The minimum absolute atomic E-state index is 0.101. The smallest absolute Gasteiger partial charge is 0.419 e. The lowest BCUT2D eigenvalue weighted by molar-refractivity contribution is -0.391. The fourth-order valence-electron chi connectivity index (χ4n) is 6.18. The van der Waals surface area contributed by atoms with Crippen molar-refractivity contribution in [2.75, 3.05) is 50.7 Å². The van der Waals surface area contributed by atoms with E-state index in [1.165, 1.54) is 46.3 Å². The Balaban J connectivity index is 1.60. The first-order valence-corrected chi connectivity index (χ1v) is 14.5. The Hall–Kier alpha value is -5.50. The second kappa shape index (κ2) is 11.8. The lowest BCUT2D eigenvalue weighted by Gasteiger charge is -2.25. The molecular formula is C31H29ClN6O8. The standard InChI is InChI=1S/C31H29ClN6O8/c1-34-29(38(41)42)23(15-33-34)37(31(40)46-5)21-13-22-25(20-9-7-6-8-19(20)21)18(14-32)16-36(22)30(39)35-11-10-17-12-24(43-2)27(44-3)28(45-4)26(17)35/h6-13,15,18H,14,16H2,1-5H3. The van der Waals surface area contributed by atoms with Crippen LogP contribution in [0.2, 0.25) is 0 Å². The maximum absolute atomic E-state index is 14.5. The number of hydrogen-bond acceptors (Lipinski definition) is 9. The highest BCUT2D eigenvalue weighted by atomic mass is 35.5. The van der Waals surface area contributed by atoms with Crippen LogP contribution in [0.3, 0.4) is 0 Å². The molecule has 0 fully saturated rings. The third kappa shape index (κ3) is 4.52. The van der Waals surface area contributed by atoms with Crippen molar-refractivity contribution in [2.24, 2.45) is 7.05 Å². The van der Waals surface area contributed by atoms with Gasteiger partial charge in [0.15, 0.2) is 17.2 Å². The third-order valence-electron chi connectivity index (χ3n) is 8.15. The van der Waals surface area contributed by atoms with Gasteiger partial charge in [-0.1, -0.05) is 29.4 Å². The Morgan fingerprint density at radius 2 is 1.76 bits per heavy atom. The summed E-state index contributed by atoms with van der Waals surface area (Å²) in [6.07, 6.45) is 1.97. The molecule has 238 valence electrons. The Bertz CT molecular complexity index is 2040. The molecule has 1 aliphatic rings. The lowest BCUT2D eigenvalue weighted by Crippen LogP contribution is -2.34. The number of nitro groups is 1. The number of methoxy groups -OCH3 is 4. The van der Waals surface area contributed by atoms with Gasteiger partial charge in [0.1, 0.15) is 18.8 Å². The van der Waals surface area contributed by atoms with Gasteiger partial charge in [0.2, 0.25) is 5.75 Å². The lowest BCUT2D eigenvalue weighted by atomic mass is 9.94. The Morgan fingerprint density at radius 1 is 1.04 bits per heavy atom. The number of ether oxygens (including phenoxy) is 4. The van der Waals surface area contributed by atoms with Gasteiger partial charge in [0.25, 0.3) is 0 Å². The molecule has 3 heterocycles. The number of rotatable bonds is 7. The van der Waals surface area contributed by atoms with Gasteiger partial charge in [-0.2, -0.15) is 0 Å². The van der Waals surface area contributed by atoms with Crippen molar-refractivity contribution < 1.29 is 33.5 Å². The summed E-state index contributed by atoms with van der Waals surface area (Å²) < 4.78 is 24.4. The predicted molar refractivity (Wildman–Crippen MR) is 172 cm³/mol. The van der Waals surface area contributed by atoms with E-state index >= 15 is 0 Å². The summed E-state index contributed by atoms with van der Waals surface area (Å²) in [5.74, 6) is 0.591. The van der Waals surface area contributed by atoms with E-state index < -0.39 is 22.9 Å². The van der Waals surface area contributed by atoms with Crippen molar-refractivity contribution in [3.63, 3.8) is 0 Å². The first kappa shape index (κ1) is 30.5. The average Bonchev–Trinajstić information content (AvgIpc) is 3.78. The minimum atomic E-state index is -0.881. The van der Waals surface area contributed by atoms with Crippen molar-refractivity contribution in [3.8, 4) is 17.2 Å². The number of benzene rings is 3. The molecule has 0 saturated heterocycles. The summed E-state index contributed by atoms with van der Waals surface area (Å²) in [5.41, 5.74) is 1.90. The molecular weight excluding hydrogens is 620 g/mol. The van der Waals surface area contributed by atoms with Gasteiger partial charge >= 0.3 is 17.9 Å². The van der Waals surface area contributed by atoms with E-state index in [2.05, 4.69) is 5.10 Å². The third-order valence-corrected chi connectivity index (χ3v) is 8.52. The largest absolute Gasteiger partial charge is 0.493 e. The Kier molecular flexibility index (Phi) is 7.82. The molecule has 1 aliphatic heterocycles. The number of nitrogens with zero attached hydrogens (tertiary/aromatic N) is 6. The summed E-state index contributed by atoms with van der Waals surface area (Å²) in [4.78, 5) is 42.0. The SMILES string of the molecule is COC(=O)N(c1cnn(C)c1[N+](=O)[O-])c1cc2c(c3ccccc13)C(CCl)CN2C(=O)n1ccc2cc(OC)c(OC)c(OC)c21. The van der Waals surface area contributed by atoms with Gasteiger partial charge in [0.05, 0.1) is 39.8 Å². The van der Waals surface area contributed by atoms with Crippen molar-refractivity contribution in [1.29, 1.82) is 0 Å². The second-order valence-electron chi connectivity index (χ2n) is 10.4. The van der Waals surface area contributed by atoms with Gasteiger partial charge in [-0.3, -0.25) is 9.47 Å². The Labute approximate surface area is 267 Å². The number of carbonyl (C=O) groups is 2. The van der Waals surface area contributed by atoms with Crippen LogP contribution in [-0.4, -0.2) is 72.3 Å². The molecule has 46 heavy (non-hydrogen) atoms. The first-order valence-electron chi connectivity index (χ1n) is 14.0. The number of anilines is 3. The molecule has 1 unspecified atom stereocenters. The summed E-state index contributed by atoms with van der Waals surface area (Å²) in [6.45, 7) is 0.228. The van der Waals surface area contributed by atoms with Crippen LogP contribution in [0.1, 0.15) is 11.5 Å². The maximum atomic E-state index is 14.5. The van der Waals surface area contributed by atoms with Crippen LogP contribution in [0.5, 0.6) is 17.2 Å². The summed E-state index contributed by atoms with van der Waals surface area (Å²) >= 11 is 6.51. The zero-order valence-electron chi connectivity index (χ0n) is 25.5. The summed E-state index contributed by atoms with van der Waals surface area (Å²) in [7, 11) is 7.06. The van der Waals surface area contributed by atoms with Gasteiger partial charge in [0, 0.05) is 35.3 Å². The van der Waals surface area contributed by atoms with Crippen molar-refractivity contribution in [2.45, 2.75) is 5.92 Å². The topological polar surface area (TPSA) is 143 Å². The predicted octanol–water partition coefficient (Wildman–Crippen LogP) is 6.18. The summed E-state index contributed by atoms with van der Waals surface area (Å²) in [5, 5.41) is 18.1. The number of amides is 2. The number of alkyl halides is 1. The fourth-order valence-corrected chi connectivity index (χ4v) is 6.43. The number of fused-ring (bicyclic) bond motifs is 4.